The Kier molecular flexibility index (Phi) is 7.52. The molecule has 1 aliphatic rings. The van der Waals surface area contributed by atoms with Crippen LogP contribution in [0.5, 0.6) is 0 Å². The molecule has 1 heterocycles. The monoisotopic (exact) mass is 252 g/mol. The van der Waals surface area contributed by atoms with Crippen molar-refractivity contribution in [2.45, 2.75) is 11.0 Å². The van der Waals surface area contributed by atoms with Gasteiger partial charge in [0.25, 0.3) is 0 Å². The van der Waals surface area contributed by atoms with Crippen LogP contribution in [0.25, 0.3) is 0 Å². The first kappa shape index (κ1) is 14.4. The molecule has 2 unspecified atom stereocenters. The van der Waals surface area contributed by atoms with Crippen molar-refractivity contribution >= 4 is 70.0 Å². The molecule has 3 nitrogen and oxygen atoms in total. The molecule has 7 heteroatoms. The second-order valence-corrected chi connectivity index (χ2v) is 4.14. The van der Waals surface area contributed by atoms with Crippen molar-refractivity contribution in [2.24, 2.45) is 0 Å². The number of rotatable bonds is 2. The van der Waals surface area contributed by atoms with Crippen LogP contribution >= 0.6 is 35.4 Å². The van der Waals surface area contributed by atoms with Gasteiger partial charge in [0.2, 0.25) is 0 Å². The molecule has 13 heavy (non-hydrogen) atoms. The first-order valence-electron chi connectivity index (χ1n) is 3.57. The van der Waals surface area contributed by atoms with E-state index in [2.05, 4.69) is 17.5 Å². The number of alkyl halides is 2. The van der Waals surface area contributed by atoms with Gasteiger partial charge in [-0.2, -0.15) is 0 Å². The van der Waals surface area contributed by atoms with Crippen molar-refractivity contribution in [3.8, 4) is 0 Å². The molecular formula is C6H11Cl2N2NaOS. The van der Waals surface area contributed by atoms with Crippen LogP contribution in [0.1, 0.15) is 0 Å². The Hall–Kier alpha value is 1.39. The van der Waals surface area contributed by atoms with Gasteiger partial charge in [-0.05, 0) is 12.2 Å². The predicted molar refractivity (Wildman–Crippen MR) is 61.2 cm³/mol. The van der Waals surface area contributed by atoms with Crippen LogP contribution in [0, 0.1) is 0 Å². The van der Waals surface area contributed by atoms with Crippen LogP contribution in [0.2, 0.25) is 0 Å². The first-order chi connectivity index (χ1) is 5.59. The van der Waals surface area contributed by atoms with Crippen LogP contribution in [0.4, 0.5) is 0 Å². The van der Waals surface area contributed by atoms with Gasteiger partial charge in [-0.1, -0.05) is 0 Å². The summed E-state index contributed by atoms with van der Waals surface area (Å²) in [5, 5.41) is 11.8. The summed E-state index contributed by atoms with van der Waals surface area (Å²) in [6.45, 7) is 1.52. The van der Waals surface area contributed by atoms with Crippen molar-refractivity contribution in [1.29, 1.82) is 0 Å². The van der Waals surface area contributed by atoms with Gasteiger partial charge < -0.3 is 5.11 Å². The molecule has 0 radical (unpaired) electrons. The Morgan fingerprint density at radius 1 is 1.62 bits per heavy atom. The maximum atomic E-state index is 8.88. The summed E-state index contributed by atoms with van der Waals surface area (Å²) in [7, 11) is 0. The summed E-state index contributed by atoms with van der Waals surface area (Å²) < 4.78 is 0. The molecule has 0 amide bonds. The topological polar surface area (TPSA) is 35.5 Å². The molecule has 1 saturated heterocycles. The van der Waals surface area contributed by atoms with Gasteiger partial charge in [0.05, 0.1) is 17.5 Å². The van der Waals surface area contributed by atoms with Crippen LogP contribution in [-0.2, 0) is 0 Å². The Balaban J connectivity index is 0.00000144. The number of piperazine rings is 1. The average molecular weight is 253 g/mol. The fourth-order valence-corrected chi connectivity index (χ4v) is 1.75. The van der Waals surface area contributed by atoms with E-state index < -0.39 is 0 Å². The van der Waals surface area contributed by atoms with Crippen LogP contribution in [0.3, 0.4) is 0 Å². The van der Waals surface area contributed by atoms with Gasteiger partial charge >= 0.3 is 29.6 Å². The second-order valence-electron chi connectivity index (χ2n) is 2.63. The number of nitrogens with one attached hydrogen (secondary N) is 1. The van der Waals surface area contributed by atoms with Gasteiger partial charge in [0.15, 0.2) is 5.05 Å². The molecule has 0 aromatic rings. The third-order valence-corrected chi connectivity index (χ3v) is 2.49. The van der Waals surface area contributed by atoms with Gasteiger partial charge in [-0.25, -0.2) is 0 Å². The number of thiocarbonyl (C=S) groups is 1. The van der Waals surface area contributed by atoms with Crippen molar-refractivity contribution in [1.82, 2.24) is 10.2 Å². The second kappa shape index (κ2) is 6.80. The Bertz CT molecular complexity index is 186. The van der Waals surface area contributed by atoms with Gasteiger partial charge in [0.1, 0.15) is 0 Å². The first-order valence-corrected chi connectivity index (χ1v) is 4.85. The molecule has 0 aliphatic carbocycles. The summed E-state index contributed by atoms with van der Waals surface area (Å²) in [5.41, 5.74) is -0.264. The zero-order chi connectivity index (χ0) is 9.14. The fraction of sp³-hybridized carbons (Fsp3) is 0.833. The molecule has 1 aliphatic heterocycles. The summed E-state index contributed by atoms with van der Waals surface area (Å²) in [6.07, 6.45) is 0. The minimum atomic E-state index is -0.148. The molecular weight excluding hydrogens is 242 g/mol. The molecule has 0 aromatic heterocycles. The van der Waals surface area contributed by atoms with Crippen molar-refractivity contribution < 1.29 is 5.11 Å². The number of nitrogens with zero attached hydrogens (tertiary/aromatic N) is 1. The molecule has 0 aromatic carbocycles. The number of hydrogen-bond donors (Lipinski definition) is 2. The third kappa shape index (κ3) is 5.14. The molecule has 72 valence electrons. The zero-order valence-corrected chi connectivity index (χ0v) is 8.66. The molecule has 0 bridgehead atoms. The van der Waals surface area contributed by atoms with E-state index in [1.54, 1.807) is 0 Å². The average Bonchev–Trinajstić information content (AvgIpc) is 1.96. The van der Waals surface area contributed by atoms with Crippen molar-refractivity contribution in [2.75, 3.05) is 19.6 Å². The van der Waals surface area contributed by atoms with E-state index in [0.717, 1.165) is 0 Å². The van der Waals surface area contributed by atoms with E-state index >= 15 is 0 Å². The van der Waals surface area contributed by atoms with Crippen molar-refractivity contribution in [3.63, 3.8) is 0 Å². The molecule has 2 atom stereocenters. The quantitative estimate of drug-likeness (QED) is 0.320. The minimum absolute atomic E-state index is 0. The van der Waals surface area contributed by atoms with Gasteiger partial charge in [-0.15, -0.1) is 23.2 Å². The SMILES string of the molecule is OC(=S)CN1CC(Cl)NCC1Cl.[NaH]. The Morgan fingerprint density at radius 3 is 2.77 bits per heavy atom. The standard InChI is InChI=1S/C6H10Cl2N2OS.Na.H/c7-4-2-10(3-6(11)12)5(8)1-9-4;;/h4-5,9H,1-3H2,(H,11,12);;. The van der Waals surface area contributed by atoms with E-state index in [1.807, 2.05) is 4.90 Å². The van der Waals surface area contributed by atoms with Crippen LogP contribution < -0.4 is 5.32 Å². The van der Waals surface area contributed by atoms with E-state index in [9.17, 15) is 0 Å². The third-order valence-electron chi connectivity index (χ3n) is 1.64. The summed E-state index contributed by atoms with van der Waals surface area (Å²) in [5.74, 6) is 0. The van der Waals surface area contributed by atoms with Crippen LogP contribution in [0.15, 0.2) is 0 Å². The molecule has 0 spiro atoms. The Labute approximate surface area is 115 Å². The van der Waals surface area contributed by atoms with Gasteiger partial charge in [0, 0.05) is 13.1 Å². The molecule has 2 N–H and O–H groups in total. The van der Waals surface area contributed by atoms with Gasteiger partial charge in [-0.3, -0.25) is 10.2 Å². The summed E-state index contributed by atoms with van der Waals surface area (Å²) in [4.78, 5) is 1.83. The van der Waals surface area contributed by atoms with E-state index in [0.29, 0.717) is 19.6 Å². The van der Waals surface area contributed by atoms with Crippen molar-refractivity contribution in [3.05, 3.63) is 0 Å². The Morgan fingerprint density at radius 2 is 2.23 bits per heavy atom. The molecule has 1 rings (SSSR count). The normalized spacial score (nSPS) is 29.4. The maximum absolute atomic E-state index is 8.88. The number of halogens is 2. The number of aliphatic hydroxyl groups excluding tert-OH is 1. The predicted octanol–water partition coefficient (Wildman–Crippen LogP) is 0.258. The fourth-order valence-electron chi connectivity index (χ4n) is 1.08. The molecule has 1 fully saturated rings. The van der Waals surface area contributed by atoms with E-state index in [-0.39, 0.29) is 45.6 Å². The number of hydrogen-bond acceptors (Lipinski definition) is 3. The molecule has 0 saturated carbocycles. The summed E-state index contributed by atoms with van der Waals surface area (Å²) >= 11 is 16.3. The van der Waals surface area contributed by atoms with E-state index in [1.165, 1.54) is 0 Å². The summed E-state index contributed by atoms with van der Waals surface area (Å²) in [6, 6.07) is 0. The number of aliphatic hydroxyl groups is 1. The zero-order valence-electron chi connectivity index (χ0n) is 6.33. The van der Waals surface area contributed by atoms with Crippen LogP contribution in [-0.4, -0.2) is 75.3 Å². The van der Waals surface area contributed by atoms with E-state index in [4.69, 9.17) is 28.3 Å².